The average molecular weight is 363 g/mol. The van der Waals surface area contributed by atoms with Crippen molar-refractivity contribution in [1.82, 2.24) is 4.98 Å². The molecule has 0 aliphatic rings. The van der Waals surface area contributed by atoms with Gasteiger partial charge >= 0.3 is 5.97 Å². The van der Waals surface area contributed by atoms with E-state index in [2.05, 4.69) is 9.72 Å². The summed E-state index contributed by atoms with van der Waals surface area (Å²) in [6, 6.07) is 8.19. The third kappa shape index (κ3) is 5.56. The summed E-state index contributed by atoms with van der Waals surface area (Å²) in [6.45, 7) is 2.44. The fraction of sp³-hybridized carbons (Fsp3) is 0.333. The zero-order valence-electron chi connectivity index (χ0n) is 14.2. The number of carbonyl (C=O) groups excluding carboxylic acids is 1. The molecule has 0 bridgehead atoms. The number of methoxy groups -OCH3 is 1. The lowest BCUT2D eigenvalue weighted by Crippen LogP contribution is -2.11. The molecule has 1 atom stereocenters. The van der Waals surface area contributed by atoms with Gasteiger partial charge in [0.1, 0.15) is 0 Å². The number of rotatable bonds is 8. The van der Waals surface area contributed by atoms with Gasteiger partial charge < -0.3 is 14.5 Å². The second-order valence-electron chi connectivity index (χ2n) is 5.45. The number of hydrogen-bond acceptors (Lipinski definition) is 5. The van der Waals surface area contributed by atoms with Crippen LogP contribution in [-0.2, 0) is 27.0 Å². The van der Waals surface area contributed by atoms with E-state index in [1.165, 1.54) is 19.4 Å². The molecule has 0 saturated heterocycles. The lowest BCUT2D eigenvalue weighted by Gasteiger charge is -2.06. The van der Waals surface area contributed by atoms with E-state index in [9.17, 15) is 13.8 Å². The van der Waals surface area contributed by atoms with Gasteiger partial charge in [-0.3, -0.25) is 9.00 Å². The van der Waals surface area contributed by atoms with Gasteiger partial charge in [0.2, 0.25) is 5.43 Å². The molecule has 1 N–H and O–H groups in total. The summed E-state index contributed by atoms with van der Waals surface area (Å²) in [7, 11) is 0.136. The molecule has 1 unspecified atom stereocenters. The number of carbonyl (C=O) groups is 1. The number of hydrogen-bond donors (Lipinski definition) is 1. The van der Waals surface area contributed by atoms with Crippen molar-refractivity contribution in [3.05, 3.63) is 63.6 Å². The van der Waals surface area contributed by atoms with Crippen LogP contribution in [0.5, 0.6) is 5.75 Å². The Bertz CT molecular complexity index is 798. The van der Waals surface area contributed by atoms with E-state index in [1.54, 1.807) is 24.3 Å². The summed E-state index contributed by atoms with van der Waals surface area (Å²) in [6.07, 6.45) is 2.33. The summed E-state index contributed by atoms with van der Waals surface area (Å²) in [5.74, 6) is 0.435. The molecule has 1 aromatic carbocycles. The van der Waals surface area contributed by atoms with E-state index in [1.807, 2.05) is 6.92 Å². The number of pyridine rings is 1. The Morgan fingerprint density at radius 1 is 1.20 bits per heavy atom. The van der Waals surface area contributed by atoms with Crippen LogP contribution in [0.15, 0.2) is 41.3 Å². The molecule has 0 saturated carbocycles. The number of ether oxygens (including phenoxy) is 2. The van der Waals surface area contributed by atoms with Crippen LogP contribution in [0.25, 0.3) is 0 Å². The molecule has 1 heterocycles. The minimum Gasteiger partial charge on any atom is -0.488 e. The Hall–Kier alpha value is -2.41. The average Bonchev–Trinajstić information content (AvgIpc) is 2.61. The highest BCUT2D eigenvalue weighted by Crippen LogP contribution is 2.11. The molecule has 6 nitrogen and oxygen atoms in total. The van der Waals surface area contributed by atoms with Crippen LogP contribution in [0.2, 0.25) is 0 Å². The second-order valence-corrected chi connectivity index (χ2v) is 6.91. The Labute approximate surface area is 148 Å². The van der Waals surface area contributed by atoms with Gasteiger partial charge in [0.15, 0.2) is 5.75 Å². The highest BCUT2D eigenvalue weighted by molar-refractivity contribution is 7.83. The molecule has 0 amide bonds. The highest BCUT2D eigenvalue weighted by Gasteiger charge is 2.09. The SMILES string of the molecule is CCCOc1c[nH]c(CS(=O)Cc2ccc(C(=O)OC)cc2)cc1=O. The van der Waals surface area contributed by atoms with Crippen molar-refractivity contribution in [2.24, 2.45) is 0 Å². The first-order chi connectivity index (χ1) is 12.0. The molecule has 0 radical (unpaired) electrons. The number of benzene rings is 1. The maximum atomic E-state index is 12.3. The molecular weight excluding hydrogens is 342 g/mol. The molecule has 25 heavy (non-hydrogen) atoms. The van der Waals surface area contributed by atoms with Crippen LogP contribution >= 0.6 is 0 Å². The van der Waals surface area contributed by atoms with Crippen LogP contribution in [0, 0.1) is 0 Å². The lowest BCUT2D eigenvalue weighted by molar-refractivity contribution is 0.0600. The van der Waals surface area contributed by atoms with Crippen molar-refractivity contribution in [2.45, 2.75) is 24.9 Å². The molecule has 7 heteroatoms. The summed E-state index contributed by atoms with van der Waals surface area (Å²) < 4.78 is 22.3. The van der Waals surface area contributed by atoms with E-state index < -0.39 is 16.8 Å². The van der Waals surface area contributed by atoms with Crippen LogP contribution in [0.3, 0.4) is 0 Å². The topological polar surface area (TPSA) is 85.5 Å². The number of H-pyrrole nitrogens is 1. The summed E-state index contributed by atoms with van der Waals surface area (Å²) in [4.78, 5) is 26.3. The standard InChI is InChI=1S/C18H21NO5S/c1-3-8-24-17-10-19-15(9-16(17)20)12-25(22)11-13-4-6-14(7-5-13)18(21)23-2/h4-7,9-10H,3,8,11-12H2,1-2H3,(H,19,20). The monoisotopic (exact) mass is 363 g/mol. The molecule has 0 fully saturated rings. The van der Waals surface area contributed by atoms with Crippen LogP contribution in [0.1, 0.15) is 35.0 Å². The number of aromatic amines is 1. The van der Waals surface area contributed by atoms with Gasteiger partial charge in [-0.05, 0) is 24.1 Å². The third-order valence-electron chi connectivity index (χ3n) is 3.42. The zero-order chi connectivity index (χ0) is 18.2. The van der Waals surface area contributed by atoms with Crippen molar-refractivity contribution in [3.8, 4) is 5.75 Å². The maximum absolute atomic E-state index is 12.3. The van der Waals surface area contributed by atoms with Gasteiger partial charge in [-0.15, -0.1) is 0 Å². The largest absolute Gasteiger partial charge is 0.488 e. The van der Waals surface area contributed by atoms with Crippen molar-refractivity contribution in [1.29, 1.82) is 0 Å². The van der Waals surface area contributed by atoms with Gasteiger partial charge in [-0.25, -0.2) is 4.79 Å². The quantitative estimate of drug-likeness (QED) is 0.728. The fourth-order valence-electron chi connectivity index (χ4n) is 2.17. The maximum Gasteiger partial charge on any atom is 0.337 e. The Morgan fingerprint density at radius 2 is 1.92 bits per heavy atom. The molecular formula is C18H21NO5S. The first-order valence-electron chi connectivity index (χ1n) is 7.90. The van der Waals surface area contributed by atoms with Crippen molar-refractivity contribution in [2.75, 3.05) is 13.7 Å². The van der Waals surface area contributed by atoms with Crippen molar-refractivity contribution in [3.63, 3.8) is 0 Å². The van der Waals surface area contributed by atoms with Gasteiger partial charge in [0, 0.05) is 34.5 Å². The predicted molar refractivity (Wildman–Crippen MR) is 96.2 cm³/mol. The van der Waals surface area contributed by atoms with Crippen LogP contribution in [-0.4, -0.2) is 28.9 Å². The fourth-order valence-corrected chi connectivity index (χ4v) is 3.35. The lowest BCUT2D eigenvalue weighted by atomic mass is 10.1. The normalized spacial score (nSPS) is 11.8. The van der Waals surface area contributed by atoms with Gasteiger partial charge in [-0.1, -0.05) is 19.1 Å². The zero-order valence-corrected chi connectivity index (χ0v) is 15.1. The van der Waals surface area contributed by atoms with Crippen molar-refractivity contribution >= 4 is 16.8 Å². The minimum atomic E-state index is -1.19. The minimum absolute atomic E-state index is 0.221. The third-order valence-corrected chi connectivity index (χ3v) is 4.71. The molecule has 1 aromatic heterocycles. The number of aromatic nitrogens is 1. The smallest absolute Gasteiger partial charge is 0.337 e. The summed E-state index contributed by atoms with van der Waals surface area (Å²) in [5.41, 5.74) is 1.67. The molecule has 0 spiro atoms. The molecule has 2 rings (SSSR count). The molecule has 0 aliphatic carbocycles. The molecule has 0 aliphatic heterocycles. The van der Waals surface area contributed by atoms with Crippen LogP contribution in [0.4, 0.5) is 0 Å². The predicted octanol–water partition coefficient (Wildman–Crippen LogP) is 2.40. The van der Waals surface area contributed by atoms with Gasteiger partial charge in [-0.2, -0.15) is 0 Å². The van der Waals surface area contributed by atoms with Crippen LogP contribution < -0.4 is 10.2 Å². The van der Waals surface area contributed by atoms with E-state index in [4.69, 9.17) is 4.74 Å². The van der Waals surface area contributed by atoms with Gasteiger partial charge in [0.05, 0.1) is 25.0 Å². The first-order valence-corrected chi connectivity index (χ1v) is 9.39. The van der Waals surface area contributed by atoms with Crippen molar-refractivity contribution < 1.29 is 18.5 Å². The summed E-state index contributed by atoms with van der Waals surface area (Å²) in [5, 5.41) is 0. The highest BCUT2D eigenvalue weighted by atomic mass is 32.2. The Kier molecular flexibility index (Phi) is 6.94. The first kappa shape index (κ1) is 18.9. The van der Waals surface area contributed by atoms with Gasteiger partial charge in [0.25, 0.3) is 0 Å². The van der Waals surface area contributed by atoms with E-state index >= 15 is 0 Å². The van der Waals surface area contributed by atoms with E-state index in [-0.39, 0.29) is 16.9 Å². The number of esters is 1. The van der Waals surface area contributed by atoms with E-state index in [0.29, 0.717) is 23.6 Å². The second kappa shape index (κ2) is 9.17. The van der Waals surface area contributed by atoms with E-state index in [0.717, 1.165) is 12.0 Å². The molecule has 2 aromatic rings. The molecule has 134 valence electrons. The summed E-state index contributed by atoms with van der Waals surface area (Å²) >= 11 is 0. The Balaban J connectivity index is 1.97. The number of nitrogens with one attached hydrogen (secondary N) is 1. The Morgan fingerprint density at radius 3 is 2.52 bits per heavy atom.